The summed E-state index contributed by atoms with van der Waals surface area (Å²) < 4.78 is 27.1. The van der Waals surface area contributed by atoms with Gasteiger partial charge in [0.1, 0.15) is 0 Å². The summed E-state index contributed by atoms with van der Waals surface area (Å²) in [6.45, 7) is 5.07. The van der Waals surface area contributed by atoms with Gasteiger partial charge in [0.15, 0.2) is 0 Å². The third kappa shape index (κ3) is 4.27. The minimum atomic E-state index is -3.72. The molecule has 1 N–H and O–H groups in total. The Labute approximate surface area is 147 Å². The van der Waals surface area contributed by atoms with Gasteiger partial charge < -0.3 is 4.90 Å². The van der Waals surface area contributed by atoms with Gasteiger partial charge in [-0.3, -0.25) is 9.52 Å². The highest BCUT2D eigenvalue weighted by Crippen LogP contribution is 2.20. The molecule has 128 valence electrons. The summed E-state index contributed by atoms with van der Waals surface area (Å²) in [4.78, 5) is 14.0. The highest BCUT2D eigenvalue weighted by molar-refractivity contribution is 7.92. The molecule has 0 aliphatic heterocycles. The maximum Gasteiger partial charge on any atom is 0.261 e. The van der Waals surface area contributed by atoms with E-state index in [4.69, 9.17) is 11.6 Å². The van der Waals surface area contributed by atoms with Gasteiger partial charge >= 0.3 is 0 Å². The predicted molar refractivity (Wildman–Crippen MR) is 96.0 cm³/mol. The van der Waals surface area contributed by atoms with Crippen molar-refractivity contribution in [1.82, 2.24) is 4.90 Å². The standard InChI is InChI=1S/C17H19ClN2O3S/c1-3-20(4-2)17(21)13-8-10-15(11-9-13)19-24(22,23)16-7-5-6-14(18)12-16/h5-12,19H,3-4H2,1-2H3. The van der Waals surface area contributed by atoms with Gasteiger partial charge in [-0.15, -0.1) is 0 Å². The minimum absolute atomic E-state index is 0.0794. The van der Waals surface area contributed by atoms with Crippen molar-refractivity contribution in [2.75, 3.05) is 17.8 Å². The number of halogens is 1. The number of carbonyl (C=O) groups excluding carboxylic acids is 1. The summed E-state index contributed by atoms with van der Waals surface area (Å²) >= 11 is 5.83. The van der Waals surface area contributed by atoms with Crippen LogP contribution in [0.5, 0.6) is 0 Å². The monoisotopic (exact) mass is 366 g/mol. The molecule has 0 unspecified atom stereocenters. The first-order valence-corrected chi connectivity index (χ1v) is 9.41. The van der Waals surface area contributed by atoms with Crippen LogP contribution in [0.1, 0.15) is 24.2 Å². The van der Waals surface area contributed by atoms with E-state index in [1.165, 1.54) is 12.1 Å². The number of amides is 1. The van der Waals surface area contributed by atoms with Crippen LogP contribution in [0.15, 0.2) is 53.4 Å². The fourth-order valence-electron chi connectivity index (χ4n) is 2.22. The van der Waals surface area contributed by atoms with Crippen LogP contribution in [0, 0.1) is 0 Å². The van der Waals surface area contributed by atoms with Crippen LogP contribution in [0.3, 0.4) is 0 Å². The molecule has 5 nitrogen and oxygen atoms in total. The molecule has 0 heterocycles. The Morgan fingerprint density at radius 2 is 1.71 bits per heavy atom. The first-order chi connectivity index (χ1) is 11.4. The van der Waals surface area contributed by atoms with E-state index in [0.29, 0.717) is 29.4 Å². The first-order valence-electron chi connectivity index (χ1n) is 7.55. The quantitative estimate of drug-likeness (QED) is 0.849. The van der Waals surface area contributed by atoms with Crippen molar-refractivity contribution in [3.8, 4) is 0 Å². The van der Waals surface area contributed by atoms with E-state index in [1.54, 1.807) is 41.3 Å². The number of hydrogen-bond acceptors (Lipinski definition) is 3. The number of benzene rings is 2. The largest absolute Gasteiger partial charge is 0.339 e. The van der Waals surface area contributed by atoms with E-state index in [9.17, 15) is 13.2 Å². The Morgan fingerprint density at radius 1 is 1.08 bits per heavy atom. The van der Waals surface area contributed by atoms with Crippen LogP contribution in [-0.4, -0.2) is 32.3 Å². The molecule has 0 spiro atoms. The zero-order chi connectivity index (χ0) is 17.7. The number of hydrogen-bond donors (Lipinski definition) is 1. The molecule has 1 amide bonds. The molecule has 2 aromatic rings. The van der Waals surface area contributed by atoms with E-state index in [0.717, 1.165) is 0 Å². The van der Waals surface area contributed by atoms with Crippen LogP contribution in [-0.2, 0) is 10.0 Å². The Balaban J connectivity index is 2.18. The van der Waals surface area contributed by atoms with Crippen molar-refractivity contribution in [1.29, 1.82) is 0 Å². The number of nitrogens with zero attached hydrogens (tertiary/aromatic N) is 1. The maximum atomic E-state index is 12.3. The van der Waals surface area contributed by atoms with Gasteiger partial charge in [0.05, 0.1) is 4.90 Å². The summed E-state index contributed by atoms with van der Waals surface area (Å²) in [5.41, 5.74) is 0.899. The Bertz CT molecular complexity index is 816. The van der Waals surface area contributed by atoms with Crippen LogP contribution in [0.25, 0.3) is 0 Å². The zero-order valence-electron chi connectivity index (χ0n) is 13.5. The highest BCUT2D eigenvalue weighted by atomic mass is 35.5. The van der Waals surface area contributed by atoms with Crippen molar-refractivity contribution in [2.24, 2.45) is 0 Å². The summed E-state index contributed by atoms with van der Waals surface area (Å²) in [6.07, 6.45) is 0. The van der Waals surface area contributed by atoms with Gasteiger partial charge in [0, 0.05) is 29.4 Å². The number of rotatable bonds is 6. The second-order valence-electron chi connectivity index (χ2n) is 5.12. The Morgan fingerprint density at radius 3 is 2.25 bits per heavy atom. The second-order valence-corrected chi connectivity index (χ2v) is 7.24. The van der Waals surface area contributed by atoms with E-state index in [2.05, 4.69) is 4.72 Å². The van der Waals surface area contributed by atoms with E-state index in [-0.39, 0.29) is 10.8 Å². The third-order valence-electron chi connectivity index (χ3n) is 3.54. The molecule has 0 aliphatic carbocycles. The van der Waals surface area contributed by atoms with Crippen molar-refractivity contribution in [3.05, 3.63) is 59.1 Å². The van der Waals surface area contributed by atoms with E-state index >= 15 is 0 Å². The average molecular weight is 367 g/mol. The molecule has 0 saturated carbocycles. The highest BCUT2D eigenvalue weighted by Gasteiger charge is 2.16. The number of sulfonamides is 1. The van der Waals surface area contributed by atoms with E-state index in [1.807, 2.05) is 13.8 Å². The molecule has 7 heteroatoms. The lowest BCUT2D eigenvalue weighted by atomic mass is 10.2. The minimum Gasteiger partial charge on any atom is -0.339 e. The lowest BCUT2D eigenvalue weighted by molar-refractivity contribution is 0.0773. The van der Waals surface area contributed by atoms with Crippen molar-refractivity contribution in [3.63, 3.8) is 0 Å². The van der Waals surface area contributed by atoms with Gasteiger partial charge in [0.25, 0.3) is 15.9 Å². The molecule has 0 aliphatic rings. The van der Waals surface area contributed by atoms with E-state index < -0.39 is 10.0 Å². The smallest absolute Gasteiger partial charge is 0.261 e. The predicted octanol–water partition coefficient (Wildman–Crippen LogP) is 3.62. The molecule has 0 fully saturated rings. The molecule has 0 bridgehead atoms. The molecule has 0 radical (unpaired) electrons. The maximum absolute atomic E-state index is 12.3. The summed E-state index contributed by atoms with van der Waals surface area (Å²) in [5.74, 6) is -0.0794. The molecule has 0 saturated heterocycles. The molecule has 0 aromatic heterocycles. The zero-order valence-corrected chi connectivity index (χ0v) is 15.1. The first kappa shape index (κ1) is 18.3. The third-order valence-corrected chi connectivity index (χ3v) is 5.16. The summed E-state index contributed by atoms with van der Waals surface area (Å²) in [6, 6.07) is 12.4. The summed E-state index contributed by atoms with van der Waals surface area (Å²) in [5, 5.41) is 0.345. The number of anilines is 1. The second kappa shape index (κ2) is 7.68. The molecular weight excluding hydrogens is 348 g/mol. The fraction of sp³-hybridized carbons (Fsp3) is 0.235. The van der Waals surface area contributed by atoms with Crippen molar-refractivity contribution in [2.45, 2.75) is 18.7 Å². The van der Waals surface area contributed by atoms with Crippen LogP contribution >= 0.6 is 11.6 Å². The molecule has 2 aromatic carbocycles. The van der Waals surface area contributed by atoms with Crippen LogP contribution < -0.4 is 4.72 Å². The Kier molecular flexibility index (Phi) is 5.85. The van der Waals surface area contributed by atoms with Gasteiger partial charge in [-0.05, 0) is 56.3 Å². The topological polar surface area (TPSA) is 66.5 Å². The number of carbonyl (C=O) groups is 1. The lowest BCUT2D eigenvalue weighted by Crippen LogP contribution is -2.30. The van der Waals surface area contributed by atoms with Gasteiger partial charge in [0.2, 0.25) is 0 Å². The summed E-state index contributed by atoms with van der Waals surface area (Å²) in [7, 11) is -3.72. The SMILES string of the molecule is CCN(CC)C(=O)c1ccc(NS(=O)(=O)c2cccc(Cl)c2)cc1. The Hall–Kier alpha value is -2.05. The molecule has 0 atom stereocenters. The lowest BCUT2D eigenvalue weighted by Gasteiger charge is -2.18. The van der Waals surface area contributed by atoms with Crippen LogP contribution in [0.2, 0.25) is 5.02 Å². The van der Waals surface area contributed by atoms with Crippen molar-refractivity contribution >= 4 is 33.2 Å². The number of nitrogens with one attached hydrogen (secondary N) is 1. The molecule has 2 rings (SSSR count). The van der Waals surface area contributed by atoms with Crippen LogP contribution in [0.4, 0.5) is 5.69 Å². The fourth-order valence-corrected chi connectivity index (χ4v) is 3.58. The van der Waals surface area contributed by atoms with Crippen molar-refractivity contribution < 1.29 is 13.2 Å². The normalized spacial score (nSPS) is 11.1. The van der Waals surface area contributed by atoms with Gasteiger partial charge in [-0.1, -0.05) is 17.7 Å². The molecule has 24 heavy (non-hydrogen) atoms. The van der Waals surface area contributed by atoms with Gasteiger partial charge in [-0.2, -0.15) is 0 Å². The van der Waals surface area contributed by atoms with Gasteiger partial charge in [-0.25, -0.2) is 8.42 Å². The molecular formula is C17H19ClN2O3S. The average Bonchev–Trinajstić information content (AvgIpc) is 2.56.